The molecule has 1 aliphatic carbocycles. The van der Waals surface area contributed by atoms with Crippen molar-refractivity contribution in [2.45, 2.75) is 18.7 Å². The molecule has 20 heavy (non-hydrogen) atoms. The second-order valence-corrected chi connectivity index (χ2v) is 6.46. The van der Waals surface area contributed by atoms with Crippen molar-refractivity contribution in [3.63, 3.8) is 0 Å². The predicted octanol–water partition coefficient (Wildman–Crippen LogP) is 2.78. The van der Waals surface area contributed by atoms with Crippen LogP contribution in [0.1, 0.15) is 12.5 Å². The van der Waals surface area contributed by atoms with Gasteiger partial charge in [0, 0.05) is 5.57 Å². The molecule has 0 amide bonds. The smallest absolute Gasteiger partial charge is 0.282 e. The molecule has 0 spiro atoms. The average molecular weight is 310 g/mol. The molecule has 0 saturated carbocycles. The number of aryl methyl sites for hydroxylation is 1. The summed E-state index contributed by atoms with van der Waals surface area (Å²) in [6.45, 7) is 3.43. The minimum absolute atomic E-state index is 0.0390. The largest absolute Gasteiger partial charge is 0.288 e. The Hall–Kier alpha value is -1.72. The number of hydrogen-bond donors (Lipinski definition) is 0. The first kappa shape index (κ1) is 14.7. The summed E-state index contributed by atoms with van der Waals surface area (Å²) in [5, 5.41) is -0.0390. The Morgan fingerprint density at radius 2 is 1.65 bits per heavy atom. The lowest BCUT2D eigenvalue weighted by Crippen LogP contribution is -2.11. The van der Waals surface area contributed by atoms with Crippen LogP contribution in [0.25, 0.3) is 0 Å². The zero-order chi connectivity index (χ0) is 14.9. The fourth-order valence-electron chi connectivity index (χ4n) is 1.67. The van der Waals surface area contributed by atoms with E-state index in [1.165, 1.54) is 24.3 Å². The Morgan fingerprint density at radius 3 is 2.20 bits per heavy atom. The van der Waals surface area contributed by atoms with Gasteiger partial charge in [0.1, 0.15) is 0 Å². The number of hydrogen-bond acceptors (Lipinski definition) is 3. The molecule has 0 atom stereocenters. The summed E-state index contributed by atoms with van der Waals surface area (Å²) < 4.78 is 28.0. The number of sulfonamides is 1. The van der Waals surface area contributed by atoms with Gasteiger partial charge in [0.05, 0.1) is 15.6 Å². The topological polar surface area (TPSA) is 63.6 Å². The summed E-state index contributed by atoms with van der Waals surface area (Å²) in [6.07, 6.45) is 2.66. The molecule has 6 heteroatoms. The van der Waals surface area contributed by atoms with E-state index in [1.54, 1.807) is 19.1 Å². The number of rotatable bonds is 2. The van der Waals surface area contributed by atoms with Crippen LogP contribution in [0, 0.1) is 6.92 Å². The molecule has 0 unspecified atom stereocenters. The van der Waals surface area contributed by atoms with E-state index in [1.807, 2.05) is 6.92 Å². The molecule has 0 aromatic heterocycles. The predicted molar refractivity (Wildman–Crippen MR) is 78.5 cm³/mol. The van der Waals surface area contributed by atoms with E-state index in [-0.39, 0.29) is 21.4 Å². The summed E-state index contributed by atoms with van der Waals surface area (Å²) in [6, 6.07) is 6.37. The lowest BCUT2D eigenvalue weighted by Gasteiger charge is -2.07. The van der Waals surface area contributed by atoms with Crippen molar-refractivity contribution in [3.8, 4) is 0 Å². The van der Waals surface area contributed by atoms with Crippen LogP contribution in [0.2, 0.25) is 0 Å². The van der Waals surface area contributed by atoms with Gasteiger partial charge in [0.15, 0.2) is 5.78 Å². The summed E-state index contributed by atoms with van der Waals surface area (Å²) in [4.78, 5) is 11.6. The molecule has 2 rings (SSSR count). The Bertz CT molecular complexity index is 732. The van der Waals surface area contributed by atoms with E-state index in [4.69, 9.17) is 11.6 Å². The minimum atomic E-state index is -3.81. The van der Waals surface area contributed by atoms with Gasteiger partial charge in [-0.05, 0) is 38.1 Å². The van der Waals surface area contributed by atoms with Crippen molar-refractivity contribution in [3.05, 3.63) is 52.6 Å². The fraction of sp³-hybridized carbons (Fsp3) is 0.143. The molecule has 0 fully saturated rings. The molecule has 104 valence electrons. The molecule has 0 heterocycles. The van der Waals surface area contributed by atoms with Gasteiger partial charge in [-0.3, -0.25) is 4.79 Å². The molecule has 0 saturated heterocycles. The lowest BCUT2D eigenvalue weighted by atomic mass is 10.1. The first-order chi connectivity index (χ1) is 9.29. The molecule has 4 nitrogen and oxygen atoms in total. The third-order valence-electron chi connectivity index (χ3n) is 2.76. The normalized spacial score (nSPS) is 17.9. The number of carbonyl (C=O) groups excluding carboxylic acids is 1. The van der Waals surface area contributed by atoms with Gasteiger partial charge in [-0.1, -0.05) is 29.3 Å². The number of carbonyl (C=O) groups is 1. The van der Waals surface area contributed by atoms with E-state index in [0.717, 1.165) is 5.56 Å². The van der Waals surface area contributed by atoms with Crippen molar-refractivity contribution in [2.24, 2.45) is 4.40 Å². The van der Waals surface area contributed by atoms with Crippen LogP contribution >= 0.6 is 11.6 Å². The third kappa shape index (κ3) is 3.05. The van der Waals surface area contributed by atoms with Crippen LogP contribution in [0.5, 0.6) is 0 Å². The van der Waals surface area contributed by atoms with Gasteiger partial charge in [0.2, 0.25) is 0 Å². The van der Waals surface area contributed by atoms with Crippen molar-refractivity contribution < 1.29 is 13.2 Å². The van der Waals surface area contributed by atoms with E-state index in [0.29, 0.717) is 5.57 Å². The van der Waals surface area contributed by atoms with E-state index in [9.17, 15) is 13.2 Å². The number of benzene rings is 1. The van der Waals surface area contributed by atoms with Gasteiger partial charge in [-0.25, -0.2) is 0 Å². The van der Waals surface area contributed by atoms with Crippen LogP contribution in [0.3, 0.4) is 0 Å². The van der Waals surface area contributed by atoms with Gasteiger partial charge in [0.25, 0.3) is 10.0 Å². The molecule has 0 radical (unpaired) electrons. The number of allylic oxidation sites excluding steroid dienone is 4. The molecule has 0 N–H and O–H groups in total. The first-order valence-corrected chi connectivity index (χ1v) is 7.63. The highest BCUT2D eigenvalue weighted by atomic mass is 35.5. The Kier molecular flexibility index (Phi) is 3.92. The van der Waals surface area contributed by atoms with Crippen molar-refractivity contribution in [2.75, 3.05) is 0 Å². The molecule has 0 aliphatic heterocycles. The van der Waals surface area contributed by atoms with Gasteiger partial charge < -0.3 is 0 Å². The summed E-state index contributed by atoms with van der Waals surface area (Å²) in [7, 11) is -3.81. The molecule has 1 aromatic carbocycles. The van der Waals surface area contributed by atoms with E-state index in [2.05, 4.69) is 4.40 Å². The maximum absolute atomic E-state index is 12.1. The molecular formula is C14H12ClNO3S. The van der Waals surface area contributed by atoms with Gasteiger partial charge in [-0.15, -0.1) is 0 Å². The number of halogens is 1. The number of Topliss-reactive ketones (excluding diaryl/α,β-unsaturated/α-hetero) is 1. The highest BCUT2D eigenvalue weighted by molar-refractivity contribution is 7.90. The quantitative estimate of drug-likeness (QED) is 0.789. The Balaban J connectivity index is 2.44. The molecule has 1 aromatic rings. The molecular weight excluding hydrogens is 298 g/mol. The summed E-state index contributed by atoms with van der Waals surface area (Å²) in [5.41, 5.74) is 1.46. The SMILES string of the molecule is CC1=C/C(=N\S(=O)(=O)c2ccc(C)cc2)C=C(Cl)C1=O. The van der Waals surface area contributed by atoms with Gasteiger partial charge >= 0.3 is 0 Å². The zero-order valence-electron chi connectivity index (χ0n) is 10.9. The first-order valence-electron chi connectivity index (χ1n) is 5.81. The number of ketones is 1. The van der Waals surface area contributed by atoms with Crippen molar-refractivity contribution >= 4 is 33.1 Å². The second-order valence-electron chi connectivity index (χ2n) is 4.45. The highest BCUT2D eigenvalue weighted by Crippen LogP contribution is 2.19. The Labute approximate surface area is 122 Å². The van der Waals surface area contributed by atoms with Crippen molar-refractivity contribution in [1.82, 2.24) is 0 Å². The highest BCUT2D eigenvalue weighted by Gasteiger charge is 2.18. The second kappa shape index (κ2) is 5.34. The van der Waals surface area contributed by atoms with Crippen LogP contribution < -0.4 is 0 Å². The van der Waals surface area contributed by atoms with E-state index >= 15 is 0 Å². The van der Waals surface area contributed by atoms with Crippen LogP contribution in [0.4, 0.5) is 0 Å². The van der Waals surface area contributed by atoms with Crippen LogP contribution in [-0.2, 0) is 14.8 Å². The lowest BCUT2D eigenvalue weighted by molar-refractivity contribution is -0.111. The minimum Gasteiger partial charge on any atom is -0.288 e. The van der Waals surface area contributed by atoms with E-state index < -0.39 is 10.0 Å². The maximum atomic E-state index is 12.1. The molecule has 0 bridgehead atoms. The van der Waals surface area contributed by atoms with Crippen molar-refractivity contribution in [1.29, 1.82) is 0 Å². The standard InChI is InChI=1S/C14H12ClNO3S/c1-9-3-5-12(6-4-9)20(18,19)16-11-7-10(2)14(17)13(15)8-11/h3-8H,1-2H3/b16-11+. The van der Waals surface area contributed by atoms with Crippen LogP contribution in [-0.4, -0.2) is 19.9 Å². The molecule has 1 aliphatic rings. The Morgan fingerprint density at radius 1 is 1.05 bits per heavy atom. The summed E-state index contributed by atoms with van der Waals surface area (Å²) >= 11 is 5.75. The number of nitrogens with zero attached hydrogens (tertiary/aromatic N) is 1. The zero-order valence-corrected chi connectivity index (χ0v) is 12.5. The summed E-state index contributed by atoms with van der Waals surface area (Å²) in [5.74, 6) is -0.321. The average Bonchev–Trinajstić information content (AvgIpc) is 2.36. The van der Waals surface area contributed by atoms with Gasteiger partial charge in [-0.2, -0.15) is 12.8 Å². The third-order valence-corrected chi connectivity index (χ3v) is 4.36. The maximum Gasteiger partial charge on any atom is 0.282 e. The monoisotopic (exact) mass is 309 g/mol. The van der Waals surface area contributed by atoms with Crippen LogP contribution in [0.15, 0.2) is 56.3 Å². The fourth-order valence-corrected chi connectivity index (χ4v) is 2.90.